The molecule has 0 aromatic heterocycles. The van der Waals surface area contributed by atoms with E-state index in [0.29, 0.717) is 5.56 Å². The number of sulfone groups is 1. The van der Waals surface area contributed by atoms with E-state index in [1.807, 2.05) is 0 Å². The third-order valence-electron chi connectivity index (χ3n) is 5.29. The summed E-state index contributed by atoms with van der Waals surface area (Å²) in [6.07, 6.45) is 0. The summed E-state index contributed by atoms with van der Waals surface area (Å²) in [7, 11) is -3.46. The van der Waals surface area contributed by atoms with Crippen molar-refractivity contribution in [1.82, 2.24) is 0 Å². The largest absolute Gasteiger partial charge is 0.459 e. The lowest BCUT2D eigenvalue weighted by Gasteiger charge is -2.37. The molecule has 0 bridgehead atoms. The topological polar surface area (TPSA) is 93.8 Å². The van der Waals surface area contributed by atoms with Gasteiger partial charge in [-0.1, -0.05) is 18.2 Å². The van der Waals surface area contributed by atoms with Gasteiger partial charge in [0.25, 0.3) is 6.02 Å². The van der Waals surface area contributed by atoms with Crippen molar-refractivity contribution in [3.8, 4) is 0 Å². The third-order valence-corrected chi connectivity index (χ3v) is 7.11. The minimum atomic E-state index is -3.50. The zero-order valence-corrected chi connectivity index (χ0v) is 16.1. The van der Waals surface area contributed by atoms with Crippen molar-refractivity contribution in [1.29, 1.82) is 0 Å². The van der Waals surface area contributed by atoms with Crippen molar-refractivity contribution in [2.45, 2.75) is 29.3 Å². The number of halogens is 3. The molecule has 154 valence electrons. The van der Waals surface area contributed by atoms with Gasteiger partial charge in [-0.15, -0.1) is 0 Å². The highest BCUT2D eigenvalue weighted by atomic mass is 32.2. The molecule has 1 unspecified atom stereocenters. The van der Waals surface area contributed by atoms with Gasteiger partial charge in [-0.2, -0.15) is 8.78 Å². The Kier molecular flexibility index (Phi) is 4.30. The lowest BCUT2D eigenvalue weighted by atomic mass is 9.85. The van der Waals surface area contributed by atoms with Gasteiger partial charge in [0.15, 0.2) is 22.0 Å². The van der Waals surface area contributed by atoms with E-state index in [4.69, 9.17) is 5.73 Å². The molecule has 6 nitrogen and oxygen atoms in total. The lowest BCUT2D eigenvalue weighted by Crippen LogP contribution is -2.51. The van der Waals surface area contributed by atoms with Crippen LogP contribution in [0.25, 0.3) is 0 Å². The molecule has 0 fully saturated rings. The van der Waals surface area contributed by atoms with Crippen LogP contribution >= 0.6 is 0 Å². The zero-order valence-electron chi connectivity index (χ0n) is 15.3. The number of ether oxygens (including phenoxy) is 1. The van der Waals surface area contributed by atoms with Gasteiger partial charge < -0.3 is 15.8 Å². The van der Waals surface area contributed by atoms with Crippen LogP contribution < -0.4 is 11.1 Å². The summed E-state index contributed by atoms with van der Waals surface area (Å²) in [6, 6.07) is 9.11. The van der Waals surface area contributed by atoms with Crippen molar-refractivity contribution < 1.29 is 26.3 Å². The Balaban J connectivity index is 1.73. The number of aliphatic imine (C=N–C) groups is 1. The van der Waals surface area contributed by atoms with E-state index in [1.165, 1.54) is 18.2 Å². The fraction of sp³-hybridized carbons (Fsp3) is 0.316. The van der Waals surface area contributed by atoms with Gasteiger partial charge in [0.2, 0.25) is 0 Å². The Labute approximate surface area is 165 Å². The second-order valence-electron chi connectivity index (χ2n) is 7.23. The number of fused-ring (bicyclic) bond motifs is 1. The van der Waals surface area contributed by atoms with Gasteiger partial charge in [-0.25, -0.2) is 17.8 Å². The summed E-state index contributed by atoms with van der Waals surface area (Å²) in [5, 5.41) is 3.01. The van der Waals surface area contributed by atoms with E-state index < -0.39 is 45.8 Å². The van der Waals surface area contributed by atoms with E-state index >= 15 is 0 Å². The maximum absolute atomic E-state index is 14.6. The SMILES string of the molecule is C[C@]1(c2cc(NC3CS(=O)(=O)c4ccccc43)ccc2F)N=C(N)OCC1(F)F. The number of hydrogen-bond donors (Lipinski definition) is 2. The van der Waals surface area contributed by atoms with Crippen LogP contribution in [0.3, 0.4) is 0 Å². The Hall–Kier alpha value is -2.75. The lowest BCUT2D eigenvalue weighted by molar-refractivity contribution is -0.117. The minimum absolute atomic E-state index is 0.189. The molecule has 2 aromatic rings. The van der Waals surface area contributed by atoms with Gasteiger partial charge in [0, 0.05) is 11.3 Å². The summed E-state index contributed by atoms with van der Waals surface area (Å²) < 4.78 is 73.0. The van der Waals surface area contributed by atoms with Gasteiger partial charge in [-0.3, -0.25) is 0 Å². The van der Waals surface area contributed by atoms with Crippen molar-refractivity contribution in [3.63, 3.8) is 0 Å². The van der Waals surface area contributed by atoms with Crippen molar-refractivity contribution >= 4 is 21.5 Å². The van der Waals surface area contributed by atoms with Crippen LogP contribution in [0.15, 0.2) is 52.4 Å². The van der Waals surface area contributed by atoms with Crippen LogP contribution in [0, 0.1) is 5.82 Å². The first kappa shape index (κ1) is 19.6. The van der Waals surface area contributed by atoms with E-state index in [0.717, 1.165) is 13.0 Å². The maximum Gasteiger partial charge on any atom is 0.310 e. The molecule has 2 atom stereocenters. The molecule has 2 aromatic carbocycles. The average molecular weight is 425 g/mol. The molecular formula is C19H18F3N3O3S. The summed E-state index contributed by atoms with van der Waals surface area (Å²) in [4.78, 5) is 3.91. The molecule has 0 spiro atoms. The number of nitrogens with one attached hydrogen (secondary N) is 1. The molecule has 3 N–H and O–H groups in total. The Morgan fingerprint density at radius 2 is 1.97 bits per heavy atom. The monoisotopic (exact) mass is 425 g/mol. The molecule has 2 aliphatic heterocycles. The number of amidine groups is 1. The summed E-state index contributed by atoms with van der Waals surface area (Å²) >= 11 is 0. The average Bonchev–Trinajstić information content (AvgIpc) is 2.91. The van der Waals surface area contributed by atoms with Crippen LogP contribution in [-0.2, 0) is 20.1 Å². The molecule has 2 aliphatic rings. The van der Waals surface area contributed by atoms with E-state index in [9.17, 15) is 21.6 Å². The first-order valence-electron chi connectivity index (χ1n) is 8.78. The fourth-order valence-electron chi connectivity index (χ4n) is 3.66. The highest BCUT2D eigenvalue weighted by Crippen LogP contribution is 2.45. The fourth-order valence-corrected chi connectivity index (χ4v) is 5.39. The molecule has 0 amide bonds. The number of benzene rings is 2. The van der Waals surface area contributed by atoms with Crippen LogP contribution in [0.4, 0.5) is 18.9 Å². The van der Waals surface area contributed by atoms with Crippen molar-refractivity contribution in [2.24, 2.45) is 10.7 Å². The number of rotatable bonds is 3. The second kappa shape index (κ2) is 6.38. The Bertz CT molecular complexity index is 1120. The number of anilines is 1. The number of nitrogens with zero attached hydrogens (tertiary/aromatic N) is 1. The predicted molar refractivity (Wildman–Crippen MR) is 101 cm³/mol. The maximum atomic E-state index is 14.6. The summed E-state index contributed by atoms with van der Waals surface area (Å²) in [5.74, 6) is -4.57. The standard InChI is InChI=1S/C19H18F3N3O3S/c1-18(19(21,22)10-28-17(23)25-18)13-8-11(6-7-14(13)20)24-15-9-29(26,27)16-5-3-2-4-12(15)16/h2-8,15,24H,9-10H2,1H3,(H2,23,25)/t15?,18-/m1/s1. The van der Waals surface area contributed by atoms with Crippen molar-refractivity contribution in [2.75, 3.05) is 17.7 Å². The molecule has 0 saturated heterocycles. The van der Waals surface area contributed by atoms with Gasteiger partial charge >= 0.3 is 5.92 Å². The predicted octanol–water partition coefficient (Wildman–Crippen LogP) is 2.96. The zero-order chi connectivity index (χ0) is 21.0. The van der Waals surface area contributed by atoms with Gasteiger partial charge in [-0.05, 0) is 36.8 Å². The number of nitrogens with two attached hydrogens (primary N) is 1. The van der Waals surface area contributed by atoms with E-state index in [-0.39, 0.29) is 21.9 Å². The highest BCUT2D eigenvalue weighted by Gasteiger charge is 2.56. The molecule has 0 saturated carbocycles. The summed E-state index contributed by atoms with van der Waals surface area (Å²) in [6.45, 7) is 0.0596. The minimum Gasteiger partial charge on any atom is -0.459 e. The second-order valence-corrected chi connectivity index (χ2v) is 9.23. The quantitative estimate of drug-likeness (QED) is 0.789. The Morgan fingerprint density at radius 3 is 2.72 bits per heavy atom. The molecular weight excluding hydrogens is 407 g/mol. The van der Waals surface area contributed by atoms with Crippen molar-refractivity contribution in [3.05, 3.63) is 59.4 Å². The molecule has 10 heteroatoms. The van der Waals surface area contributed by atoms with E-state index in [1.54, 1.807) is 18.2 Å². The molecule has 2 heterocycles. The third kappa shape index (κ3) is 3.11. The molecule has 0 radical (unpaired) electrons. The van der Waals surface area contributed by atoms with Gasteiger partial charge in [0.05, 0.1) is 16.7 Å². The van der Waals surface area contributed by atoms with Crippen LogP contribution in [-0.4, -0.2) is 32.7 Å². The molecule has 29 heavy (non-hydrogen) atoms. The van der Waals surface area contributed by atoms with Crippen LogP contribution in [0.1, 0.15) is 24.1 Å². The molecule has 4 rings (SSSR count). The first-order valence-corrected chi connectivity index (χ1v) is 10.4. The summed E-state index contributed by atoms with van der Waals surface area (Å²) in [5.41, 5.74) is 3.69. The first-order chi connectivity index (χ1) is 13.5. The highest BCUT2D eigenvalue weighted by molar-refractivity contribution is 7.91. The van der Waals surface area contributed by atoms with Crippen LogP contribution in [0.2, 0.25) is 0 Å². The Morgan fingerprint density at radius 1 is 1.24 bits per heavy atom. The van der Waals surface area contributed by atoms with Gasteiger partial charge in [0.1, 0.15) is 5.82 Å². The smallest absolute Gasteiger partial charge is 0.310 e. The van der Waals surface area contributed by atoms with Crippen LogP contribution in [0.5, 0.6) is 0 Å². The van der Waals surface area contributed by atoms with E-state index in [2.05, 4.69) is 15.0 Å². The normalized spacial score (nSPS) is 26.9. The number of alkyl halides is 2. The molecule has 0 aliphatic carbocycles. The number of hydrogen-bond acceptors (Lipinski definition) is 6.